The minimum atomic E-state index is -4.89. The second kappa shape index (κ2) is 6.60. The van der Waals surface area contributed by atoms with Crippen molar-refractivity contribution in [3.63, 3.8) is 0 Å². The molecule has 0 atom stereocenters. The van der Waals surface area contributed by atoms with E-state index in [9.17, 15) is 18.0 Å². The van der Waals surface area contributed by atoms with Crippen LogP contribution >= 0.6 is 0 Å². The van der Waals surface area contributed by atoms with Crippen molar-refractivity contribution in [2.24, 2.45) is 0 Å². The predicted molar refractivity (Wildman–Crippen MR) is 76.1 cm³/mol. The van der Waals surface area contributed by atoms with Crippen molar-refractivity contribution in [3.8, 4) is 17.2 Å². The monoisotopic (exact) mass is 326 g/mol. The van der Waals surface area contributed by atoms with E-state index in [-0.39, 0.29) is 16.9 Å². The van der Waals surface area contributed by atoms with E-state index in [1.54, 1.807) is 0 Å². The molecule has 23 heavy (non-hydrogen) atoms. The maximum atomic E-state index is 12.6. The lowest BCUT2D eigenvalue weighted by Crippen LogP contribution is -2.19. The molecule has 0 amide bonds. The molecule has 0 saturated carbocycles. The minimum Gasteiger partial charge on any atom is -0.497 e. The van der Waals surface area contributed by atoms with Crippen LogP contribution in [0.1, 0.15) is 15.9 Å². The highest BCUT2D eigenvalue weighted by Gasteiger charge is 2.33. The maximum Gasteiger partial charge on any atom is 0.573 e. The van der Waals surface area contributed by atoms with Gasteiger partial charge in [0.25, 0.3) is 0 Å². The van der Waals surface area contributed by atoms with Crippen LogP contribution in [0.15, 0.2) is 42.5 Å². The molecule has 0 spiro atoms. The van der Waals surface area contributed by atoms with Crippen molar-refractivity contribution < 1.29 is 32.2 Å². The van der Waals surface area contributed by atoms with E-state index in [1.165, 1.54) is 50.6 Å². The largest absolute Gasteiger partial charge is 0.573 e. The predicted octanol–water partition coefficient (Wildman–Crippen LogP) is 3.83. The van der Waals surface area contributed by atoms with Crippen LogP contribution < -0.4 is 14.2 Å². The number of carbonyl (C=O) groups excluding carboxylic acids is 1. The molecule has 0 radical (unpaired) electrons. The highest BCUT2D eigenvalue weighted by molar-refractivity contribution is 6.12. The molecule has 0 bridgehead atoms. The summed E-state index contributed by atoms with van der Waals surface area (Å²) < 4.78 is 51.4. The second-order valence-electron chi connectivity index (χ2n) is 4.44. The fraction of sp³-hybridized carbons (Fsp3) is 0.188. The van der Waals surface area contributed by atoms with E-state index in [4.69, 9.17) is 9.47 Å². The number of halogens is 3. The summed E-state index contributed by atoms with van der Waals surface area (Å²) in [5, 5.41) is 0. The summed E-state index contributed by atoms with van der Waals surface area (Å²) in [6.07, 6.45) is -4.89. The number of methoxy groups -OCH3 is 2. The Balaban J connectivity index is 2.45. The molecule has 2 rings (SSSR count). The SMILES string of the molecule is COc1ccc(C(=O)c2ccccc2OC(F)(F)F)c(OC)c1. The van der Waals surface area contributed by atoms with Gasteiger partial charge in [0.1, 0.15) is 17.2 Å². The van der Waals surface area contributed by atoms with Gasteiger partial charge in [-0.1, -0.05) is 12.1 Å². The third-order valence-electron chi connectivity index (χ3n) is 3.01. The number of hydrogen-bond acceptors (Lipinski definition) is 4. The first-order valence-corrected chi connectivity index (χ1v) is 6.47. The zero-order valence-corrected chi connectivity index (χ0v) is 12.3. The van der Waals surface area contributed by atoms with Gasteiger partial charge in [-0.3, -0.25) is 4.79 Å². The standard InChI is InChI=1S/C16H13F3O4/c1-21-10-7-8-12(14(9-10)22-2)15(20)11-5-3-4-6-13(11)23-16(17,18)19/h3-9H,1-2H3. The van der Waals surface area contributed by atoms with Crippen LogP contribution in [-0.2, 0) is 0 Å². The Morgan fingerprint density at radius 1 is 0.913 bits per heavy atom. The minimum absolute atomic E-state index is 0.103. The zero-order valence-electron chi connectivity index (χ0n) is 12.3. The summed E-state index contributed by atoms with van der Waals surface area (Å²) in [7, 11) is 2.80. The molecule has 0 saturated heterocycles. The van der Waals surface area contributed by atoms with Gasteiger partial charge in [-0.25, -0.2) is 0 Å². The molecule has 122 valence electrons. The summed E-state index contributed by atoms with van der Waals surface area (Å²) in [4.78, 5) is 12.6. The third-order valence-corrected chi connectivity index (χ3v) is 3.01. The Labute approximate surface area is 130 Å². The normalized spacial score (nSPS) is 11.0. The highest BCUT2D eigenvalue weighted by Crippen LogP contribution is 2.31. The van der Waals surface area contributed by atoms with Crippen molar-refractivity contribution >= 4 is 5.78 Å². The Kier molecular flexibility index (Phi) is 4.78. The van der Waals surface area contributed by atoms with Crippen molar-refractivity contribution in [1.82, 2.24) is 0 Å². The second-order valence-corrected chi connectivity index (χ2v) is 4.44. The van der Waals surface area contributed by atoms with Gasteiger partial charge in [-0.05, 0) is 24.3 Å². The lowest BCUT2D eigenvalue weighted by molar-refractivity contribution is -0.274. The van der Waals surface area contributed by atoms with E-state index < -0.39 is 17.9 Å². The molecule has 0 aliphatic rings. The van der Waals surface area contributed by atoms with Crippen molar-refractivity contribution in [1.29, 1.82) is 0 Å². The Morgan fingerprint density at radius 2 is 1.57 bits per heavy atom. The topological polar surface area (TPSA) is 44.8 Å². The quantitative estimate of drug-likeness (QED) is 0.783. The molecule has 0 heterocycles. The van der Waals surface area contributed by atoms with Crippen LogP contribution in [0.2, 0.25) is 0 Å². The number of alkyl halides is 3. The smallest absolute Gasteiger partial charge is 0.497 e. The van der Waals surface area contributed by atoms with Crippen LogP contribution in [0.4, 0.5) is 13.2 Å². The molecule has 7 heteroatoms. The molecule has 0 aliphatic heterocycles. The van der Waals surface area contributed by atoms with E-state index in [2.05, 4.69) is 4.74 Å². The number of ketones is 1. The summed E-state index contributed by atoms with van der Waals surface area (Å²) >= 11 is 0. The summed E-state index contributed by atoms with van der Waals surface area (Å²) in [5.74, 6) is -0.568. The Morgan fingerprint density at radius 3 is 2.17 bits per heavy atom. The number of carbonyl (C=O) groups is 1. The van der Waals surface area contributed by atoms with Gasteiger partial charge in [0.15, 0.2) is 5.78 Å². The van der Waals surface area contributed by atoms with E-state index in [0.29, 0.717) is 5.75 Å². The molecule has 0 N–H and O–H groups in total. The molecule has 4 nitrogen and oxygen atoms in total. The van der Waals surface area contributed by atoms with Crippen LogP contribution in [-0.4, -0.2) is 26.4 Å². The summed E-state index contributed by atoms with van der Waals surface area (Å²) in [6.45, 7) is 0. The van der Waals surface area contributed by atoms with Gasteiger partial charge >= 0.3 is 6.36 Å². The molecule has 2 aromatic rings. The van der Waals surface area contributed by atoms with E-state index in [0.717, 1.165) is 6.07 Å². The van der Waals surface area contributed by atoms with Gasteiger partial charge in [0.05, 0.1) is 25.3 Å². The van der Waals surface area contributed by atoms with Crippen molar-refractivity contribution in [2.45, 2.75) is 6.36 Å². The molecule has 0 aromatic heterocycles. The number of para-hydroxylation sites is 1. The van der Waals surface area contributed by atoms with Gasteiger partial charge in [0, 0.05) is 6.07 Å². The van der Waals surface area contributed by atoms with Crippen LogP contribution in [0.3, 0.4) is 0 Å². The van der Waals surface area contributed by atoms with Crippen LogP contribution in [0.25, 0.3) is 0 Å². The number of benzene rings is 2. The van der Waals surface area contributed by atoms with Gasteiger partial charge in [-0.15, -0.1) is 13.2 Å². The molecule has 0 aliphatic carbocycles. The highest BCUT2D eigenvalue weighted by atomic mass is 19.4. The average molecular weight is 326 g/mol. The third kappa shape index (κ3) is 3.94. The Hall–Kier alpha value is -2.70. The molecular weight excluding hydrogens is 313 g/mol. The van der Waals surface area contributed by atoms with E-state index in [1.807, 2.05) is 0 Å². The van der Waals surface area contributed by atoms with Crippen molar-refractivity contribution in [2.75, 3.05) is 14.2 Å². The van der Waals surface area contributed by atoms with Crippen molar-refractivity contribution in [3.05, 3.63) is 53.6 Å². The Bertz CT molecular complexity index is 711. The first-order valence-electron chi connectivity index (χ1n) is 6.47. The first-order chi connectivity index (χ1) is 10.9. The lowest BCUT2D eigenvalue weighted by atomic mass is 10.0. The fourth-order valence-electron chi connectivity index (χ4n) is 2.00. The van der Waals surface area contributed by atoms with Gasteiger partial charge < -0.3 is 14.2 Å². The maximum absolute atomic E-state index is 12.6. The number of rotatable bonds is 5. The lowest BCUT2D eigenvalue weighted by Gasteiger charge is -2.14. The van der Waals surface area contributed by atoms with Gasteiger partial charge in [0.2, 0.25) is 0 Å². The van der Waals surface area contributed by atoms with Crippen LogP contribution in [0.5, 0.6) is 17.2 Å². The molecule has 0 fully saturated rings. The zero-order chi connectivity index (χ0) is 17.0. The summed E-state index contributed by atoms with van der Waals surface area (Å²) in [6, 6.07) is 9.55. The van der Waals surface area contributed by atoms with Crippen LogP contribution in [0, 0.1) is 0 Å². The molecule has 0 unspecified atom stereocenters. The average Bonchev–Trinajstić information content (AvgIpc) is 2.52. The fourth-order valence-corrected chi connectivity index (χ4v) is 2.00. The number of ether oxygens (including phenoxy) is 3. The number of hydrogen-bond donors (Lipinski definition) is 0. The molecule has 2 aromatic carbocycles. The molecular formula is C16H13F3O4. The first kappa shape index (κ1) is 16.7. The summed E-state index contributed by atoms with van der Waals surface area (Å²) in [5.41, 5.74) is -0.111. The van der Waals surface area contributed by atoms with E-state index >= 15 is 0 Å². The van der Waals surface area contributed by atoms with Gasteiger partial charge in [-0.2, -0.15) is 0 Å².